The third-order valence-corrected chi connectivity index (χ3v) is 7.42. The third-order valence-electron chi connectivity index (χ3n) is 7.42. The maximum atomic E-state index is 11.3. The van der Waals surface area contributed by atoms with Crippen molar-refractivity contribution in [1.29, 1.82) is 0 Å². The molecule has 0 atom stereocenters. The highest BCUT2D eigenvalue weighted by Crippen LogP contribution is 2.69. The van der Waals surface area contributed by atoms with Crippen molar-refractivity contribution >= 4 is 11.8 Å². The average Bonchev–Trinajstić information content (AvgIpc) is 2.69. The topological polar surface area (TPSA) is 76.7 Å². The van der Waals surface area contributed by atoms with Crippen LogP contribution in [0.5, 0.6) is 0 Å². The van der Waals surface area contributed by atoms with E-state index < -0.39 is 0 Å². The van der Waals surface area contributed by atoms with E-state index in [0.29, 0.717) is 13.1 Å². The Morgan fingerprint density at radius 1 is 0.719 bits per heavy atom. The van der Waals surface area contributed by atoms with Gasteiger partial charge in [-0.3, -0.25) is 9.59 Å². The highest BCUT2D eigenvalue weighted by molar-refractivity contribution is 5.87. The summed E-state index contributed by atoms with van der Waals surface area (Å²) in [6, 6.07) is 0. The summed E-state index contributed by atoms with van der Waals surface area (Å²) in [6.45, 7) is 14.6. The van der Waals surface area contributed by atoms with Gasteiger partial charge >= 0.3 is 0 Å². The number of ether oxygens (including phenoxy) is 2. The fraction of sp³-hybridized carbons (Fsp3) is 0.769. The average molecular weight is 447 g/mol. The standard InChI is InChI=1S/C26H42N2O4/c1-5-21(29)27-11-7-9-13-31-25-16-23(3)15-24(4,17-25)19-26(18-23,20-25)32-14-10-8-12-28-22(30)6-2/h5-6H,1-2,7-20H2,3-4H3,(H,27,29)(H,28,30). The number of rotatable bonds is 14. The van der Waals surface area contributed by atoms with Crippen LogP contribution >= 0.6 is 0 Å². The van der Waals surface area contributed by atoms with E-state index in [9.17, 15) is 9.59 Å². The van der Waals surface area contributed by atoms with Gasteiger partial charge in [0.1, 0.15) is 0 Å². The van der Waals surface area contributed by atoms with Gasteiger partial charge in [0, 0.05) is 32.7 Å². The Morgan fingerprint density at radius 2 is 1.12 bits per heavy atom. The number of carbonyl (C=O) groups is 2. The minimum absolute atomic E-state index is 0.0828. The summed E-state index contributed by atoms with van der Waals surface area (Å²) in [6.07, 6.45) is 13.1. The number of unbranched alkanes of at least 4 members (excludes halogenated alkanes) is 2. The second-order valence-corrected chi connectivity index (χ2v) is 11.1. The smallest absolute Gasteiger partial charge is 0.243 e. The van der Waals surface area contributed by atoms with Crippen molar-refractivity contribution in [2.24, 2.45) is 10.8 Å². The van der Waals surface area contributed by atoms with E-state index in [4.69, 9.17) is 9.47 Å². The van der Waals surface area contributed by atoms with Gasteiger partial charge in [-0.05, 0) is 80.8 Å². The molecular weight excluding hydrogens is 404 g/mol. The van der Waals surface area contributed by atoms with E-state index in [1.165, 1.54) is 18.6 Å². The summed E-state index contributed by atoms with van der Waals surface area (Å²) in [4.78, 5) is 22.5. The first-order valence-corrected chi connectivity index (χ1v) is 12.2. The molecular formula is C26H42N2O4. The van der Waals surface area contributed by atoms with Crippen molar-refractivity contribution < 1.29 is 19.1 Å². The third kappa shape index (κ3) is 6.22. The van der Waals surface area contributed by atoms with E-state index >= 15 is 0 Å². The lowest BCUT2D eigenvalue weighted by Crippen LogP contribution is -2.67. The lowest BCUT2D eigenvalue weighted by atomic mass is 9.42. The zero-order valence-electron chi connectivity index (χ0n) is 20.1. The monoisotopic (exact) mass is 446 g/mol. The van der Waals surface area contributed by atoms with Crippen LogP contribution in [0.3, 0.4) is 0 Å². The first kappa shape index (κ1) is 25.0. The molecule has 0 aromatic heterocycles. The molecule has 0 saturated heterocycles. The van der Waals surface area contributed by atoms with Crippen LogP contribution in [0.4, 0.5) is 0 Å². The molecule has 6 nitrogen and oxygen atoms in total. The van der Waals surface area contributed by atoms with Gasteiger partial charge in [-0.15, -0.1) is 0 Å². The van der Waals surface area contributed by atoms with Crippen molar-refractivity contribution in [1.82, 2.24) is 10.6 Å². The summed E-state index contributed by atoms with van der Waals surface area (Å²) in [7, 11) is 0. The Kier molecular flexibility index (Phi) is 7.87. The van der Waals surface area contributed by atoms with Gasteiger partial charge in [-0.2, -0.15) is 0 Å². The van der Waals surface area contributed by atoms with Crippen LogP contribution < -0.4 is 10.6 Å². The van der Waals surface area contributed by atoms with Crippen LogP contribution in [0.1, 0.15) is 78.1 Å². The Bertz CT molecular complexity index is 647. The molecule has 6 heteroatoms. The summed E-state index contributed by atoms with van der Waals surface area (Å²) < 4.78 is 13.3. The van der Waals surface area contributed by atoms with Crippen molar-refractivity contribution in [3.05, 3.63) is 25.3 Å². The van der Waals surface area contributed by atoms with Crippen molar-refractivity contribution in [2.75, 3.05) is 26.3 Å². The van der Waals surface area contributed by atoms with Gasteiger partial charge in [-0.25, -0.2) is 0 Å². The quantitative estimate of drug-likeness (QED) is 0.312. The van der Waals surface area contributed by atoms with Gasteiger partial charge in [-0.1, -0.05) is 27.0 Å². The molecule has 0 unspecified atom stereocenters. The number of amides is 2. The number of nitrogens with one attached hydrogen (secondary N) is 2. The minimum Gasteiger partial charge on any atom is -0.375 e. The van der Waals surface area contributed by atoms with E-state index in [2.05, 4.69) is 37.6 Å². The van der Waals surface area contributed by atoms with Crippen molar-refractivity contribution in [3.8, 4) is 0 Å². The Balaban J connectivity index is 1.50. The highest BCUT2D eigenvalue weighted by Gasteiger charge is 2.66. The molecule has 0 radical (unpaired) electrons. The molecule has 4 saturated carbocycles. The molecule has 4 rings (SSSR count). The number of hydrogen-bond donors (Lipinski definition) is 2. The highest BCUT2D eigenvalue weighted by atomic mass is 16.5. The van der Waals surface area contributed by atoms with Crippen LogP contribution in [-0.2, 0) is 19.1 Å². The summed E-state index contributed by atoms with van der Waals surface area (Å²) in [5, 5.41) is 5.66. The zero-order valence-corrected chi connectivity index (χ0v) is 20.1. The van der Waals surface area contributed by atoms with E-state index in [0.717, 1.165) is 71.0 Å². The molecule has 4 aliphatic carbocycles. The molecule has 2 N–H and O–H groups in total. The largest absolute Gasteiger partial charge is 0.375 e. The Hall–Kier alpha value is -1.66. The number of hydrogen-bond acceptors (Lipinski definition) is 4. The van der Waals surface area contributed by atoms with Crippen LogP contribution in [0, 0.1) is 10.8 Å². The second-order valence-electron chi connectivity index (χ2n) is 11.1. The molecule has 4 bridgehead atoms. The molecule has 0 aliphatic heterocycles. The van der Waals surface area contributed by atoms with E-state index in [1.54, 1.807) is 0 Å². The molecule has 32 heavy (non-hydrogen) atoms. The van der Waals surface area contributed by atoms with Gasteiger partial charge in [0.15, 0.2) is 0 Å². The zero-order chi connectivity index (χ0) is 23.3. The van der Waals surface area contributed by atoms with Gasteiger partial charge in [0.2, 0.25) is 11.8 Å². The van der Waals surface area contributed by atoms with Crippen LogP contribution in [0.2, 0.25) is 0 Å². The minimum atomic E-state index is -0.116. The predicted molar refractivity (Wildman–Crippen MR) is 126 cm³/mol. The molecule has 2 amide bonds. The Labute approximate surface area is 193 Å². The molecule has 0 heterocycles. The normalized spacial score (nSPS) is 34.8. The summed E-state index contributed by atoms with van der Waals surface area (Å²) in [5.41, 5.74) is 0.389. The Morgan fingerprint density at radius 3 is 1.50 bits per heavy atom. The van der Waals surface area contributed by atoms with Crippen LogP contribution in [0.15, 0.2) is 25.3 Å². The number of carbonyl (C=O) groups excluding carboxylic acids is 2. The lowest BCUT2D eigenvalue weighted by molar-refractivity contribution is -0.280. The summed E-state index contributed by atoms with van der Waals surface area (Å²) >= 11 is 0. The molecule has 0 aromatic rings. The lowest BCUT2D eigenvalue weighted by Gasteiger charge is -2.68. The maximum absolute atomic E-state index is 11.3. The molecule has 4 fully saturated rings. The predicted octanol–water partition coefficient (Wildman–Crippen LogP) is 4.06. The fourth-order valence-electron chi connectivity index (χ4n) is 7.38. The summed E-state index contributed by atoms with van der Waals surface area (Å²) in [5.74, 6) is -0.231. The second kappa shape index (κ2) is 10.1. The van der Waals surface area contributed by atoms with Crippen molar-refractivity contribution in [3.63, 3.8) is 0 Å². The van der Waals surface area contributed by atoms with Gasteiger partial charge in [0.05, 0.1) is 11.2 Å². The maximum Gasteiger partial charge on any atom is 0.243 e. The van der Waals surface area contributed by atoms with Gasteiger partial charge < -0.3 is 20.1 Å². The molecule has 4 aliphatic rings. The molecule has 0 spiro atoms. The van der Waals surface area contributed by atoms with Crippen molar-refractivity contribution in [2.45, 2.75) is 89.3 Å². The van der Waals surface area contributed by atoms with Crippen LogP contribution in [-0.4, -0.2) is 49.3 Å². The van der Waals surface area contributed by atoms with Gasteiger partial charge in [0.25, 0.3) is 0 Å². The van der Waals surface area contributed by atoms with Crippen LogP contribution in [0.25, 0.3) is 0 Å². The molecule has 0 aromatic carbocycles. The fourth-order valence-corrected chi connectivity index (χ4v) is 7.38. The van der Waals surface area contributed by atoms with E-state index in [1.807, 2.05) is 0 Å². The van der Waals surface area contributed by atoms with E-state index in [-0.39, 0.29) is 33.8 Å². The first-order chi connectivity index (χ1) is 15.2. The molecule has 180 valence electrons. The SMILES string of the molecule is C=CC(=O)NCCCCOC12CC3(C)CC(C)(C1)CC(OCCCCNC(=O)C=C)(C3)C2. The first-order valence-electron chi connectivity index (χ1n) is 12.2.